The van der Waals surface area contributed by atoms with Crippen molar-refractivity contribution in [2.24, 2.45) is 0 Å². The fourth-order valence-electron chi connectivity index (χ4n) is 2.41. The molecular formula is C19H30N4O4. The standard InChI is InChI=1S/C19H30N4O4/c1-17(2,3)26-15(24)22-19(9-10-19)12-23(16(25)27-18(4,5)6)14-8-7-13(20)11-21-14/h7-8,11H,9-10,12,20H2,1-6H3,(H,22,24). The van der Waals surface area contributed by atoms with Crippen LogP contribution in [0, 0.1) is 0 Å². The molecule has 1 heterocycles. The molecule has 2 amide bonds. The van der Waals surface area contributed by atoms with E-state index in [1.54, 1.807) is 53.7 Å². The minimum Gasteiger partial charge on any atom is -0.444 e. The molecule has 0 unspecified atom stereocenters. The number of anilines is 2. The lowest BCUT2D eigenvalue weighted by Crippen LogP contribution is -2.50. The Kier molecular flexibility index (Phi) is 5.58. The number of amides is 2. The molecule has 1 aliphatic carbocycles. The quantitative estimate of drug-likeness (QED) is 0.831. The molecule has 27 heavy (non-hydrogen) atoms. The smallest absolute Gasteiger partial charge is 0.416 e. The van der Waals surface area contributed by atoms with Crippen LogP contribution in [-0.4, -0.2) is 40.5 Å². The fourth-order valence-corrected chi connectivity index (χ4v) is 2.41. The van der Waals surface area contributed by atoms with E-state index < -0.39 is 28.9 Å². The molecule has 0 saturated heterocycles. The number of pyridine rings is 1. The van der Waals surface area contributed by atoms with Crippen LogP contribution in [0.25, 0.3) is 0 Å². The van der Waals surface area contributed by atoms with E-state index in [1.165, 1.54) is 11.1 Å². The number of nitrogens with two attached hydrogens (primary N) is 1. The second kappa shape index (κ2) is 7.25. The lowest BCUT2D eigenvalue weighted by atomic mass is 10.2. The van der Waals surface area contributed by atoms with Crippen molar-refractivity contribution in [3.8, 4) is 0 Å². The zero-order valence-electron chi connectivity index (χ0n) is 17.0. The summed E-state index contributed by atoms with van der Waals surface area (Å²) in [5.74, 6) is 0.413. The van der Waals surface area contributed by atoms with E-state index in [0.717, 1.165) is 12.8 Å². The highest BCUT2D eigenvalue weighted by Crippen LogP contribution is 2.37. The number of carbonyl (C=O) groups excluding carboxylic acids is 2. The van der Waals surface area contributed by atoms with Gasteiger partial charge in [-0.25, -0.2) is 14.6 Å². The number of nitrogens with one attached hydrogen (secondary N) is 1. The van der Waals surface area contributed by atoms with Crippen LogP contribution in [0.1, 0.15) is 54.4 Å². The lowest BCUT2D eigenvalue weighted by Gasteiger charge is -2.30. The number of hydrogen-bond acceptors (Lipinski definition) is 6. The van der Waals surface area contributed by atoms with Crippen molar-refractivity contribution in [1.29, 1.82) is 0 Å². The topological polar surface area (TPSA) is 107 Å². The fraction of sp³-hybridized carbons (Fsp3) is 0.632. The number of nitrogen functional groups attached to an aromatic ring is 1. The summed E-state index contributed by atoms with van der Waals surface area (Å²) in [5.41, 5.74) is 4.39. The van der Waals surface area contributed by atoms with Crippen molar-refractivity contribution in [2.75, 3.05) is 17.2 Å². The number of hydrogen-bond donors (Lipinski definition) is 2. The van der Waals surface area contributed by atoms with Gasteiger partial charge in [0.05, 0.1) is 24.0 Å². The predicted molar refractivity (Wildman–Crippen MR) is 104 cm³/mol. The normalized spacial score (nSPS) is 15.6. The summed E-state index contributed by atoms with van der Waals surface area (Å²) >= 11 is 0. The summed E-state index contributed by atoms with van der Waals surface area (Å²) in [6, 6.07) is 3.32. The van der Waals surface area contributed by atoms with Gasteiger partial charge in [-0.2, -0.15) is 0 Å². The van der Waals surface area contributed by atoms with Crippen molar-refractivity contribution in [3.63, 3.8) is 0 Å². The summed E-state index contributed by atoms with van der Waals surface area (Å²) < 4.78 is 10.9. The van der Waals surface area contributed by atoms with Gasteiger partial charge in [0.25, 0.3) is 0 Å². The van der Waals surface area contributed by atoms with Crippen LogP contribution < -0.4 is 16.0 Å². The molecular weight excluding hydrogens is 348 g/mol. The van der Waals surface area contributed by atoms with Gasteiger partial charge < -0.3 is 20.5 Å². The van der Waals surface area contributed by atoms with Crippen molar-refractivity contribution in [1.82, 2.24) is 10.3 Å². The van der Waals surface area contributed by atoms with Crippen LogP contribution in [-0.2, 0) is 9.47 Å². The Labute approximate surface area is 160 Å². The predicted octanol–water partition coefficient (Wildman–Crippen LogP) is 3.46. The molecule has 0 spiro atoms. The molecule has 0 aliphatic heterocycles. The van der Waals surface area contributed by atoms with Gasteiger partial charge in [-0.1, -0.05) is 0 Å². The monoisotopic (exact) mass is 378 g/mol. The molecule has 0 radical (unpaired) electrons. The van der Waals surface area contributed by atoms with E-state index in [4.69, 9.17) is 15.2 Å². The summed E-state index contributed by atoms with van der Waals surface area (Å²) in [6.07, 6.45) is 1.92. The number of aromatic nitrogens is 1. The minimum atomic E-state index is -0.654. The SMILES string of the molecule is CC(C)(C)OC(=O)NC1(CN(C(=O)OC(C)(C)C)c2ccc(N)cn2)CC1. The van der Waals surface area contributed by atoms with Gasteiger partial charge in [-0.05, 0) is 66.5 Å². The molecule has 1 fully saturated rings. The largest absolute Gasteiger partial charge is 0.444 e. The van der Waals surface area contributed by atoms with Gasteiger partial charge >= 0.3 is 12.2 Å². The van der Waals surface area contributed by atoms with Crippen molar-refractivity contribution >= 4 is 23.7 Å². The van der Waals surface area contributed by atoms with Crippen LogP contribution in [0.3, 0.4) is 0 Å². The number of alkyl carbamates (subject to hydrolysis) is 1. The first-order valence-electron chi connectivity index (χ1n) is 9.02. The maximum Gasteiger partial charge on any atom is 0.416 e. The Morgan fingerprint density at radius 3 is 2.19 bits per heavy atom. The summed E-state index contributed by atoms with van der Waals surface area (Å²) in [4.78, 5) is 30.6. The van der Waals surface area contributed by atoms with Gasteiger partial charge in [0.15, 0.2) is 0 Å². The molecule has 1 aliphatic rings. The average Bonchev–Trinajstić information content (AvgIpc) is 3.21. The van der Waals surface area contributed by atoms with E-state index in [1.807, 2.05) is 0 Å². The van der Waals surface area contributed by atoms with E-state index in [-0.39, 0.29) is 6.54 Å². The summed E-state index contributed by atoms with van der Waals surface area (Å²) in [5, 5.41) is 2.89. The highest BCUT2D eigenvalue weighted by molar-refractivity contribution is 5.87. The molecule has 8 heteroatoms. The molecule has 1 aromatic heterocycles. The van der Waals surface area contributed by atoms with Crippen molar-refractivity contribution in [3.05, 3.63) is 18.3 Å². The molecule has 1 saturated carbocycles. The zero-order valence-corrected chi connectivity index (χ0v) is 17.0. The lowest BCUT2D eigenvalue weighted by molar-refractivity contribution is 0.0478. The van der Waals surface area contributed by atoms with Gasteiger partial charge in [0.2, 0.25) is 0 Å². The first-order valence-corrected chi connectivity index (χ1v) is 9.02. The number of ether oxygens (including phenoxy) is 2. The Bertz CT molecular complexity index is 685. The highest BCUT2D eigenvalue weighted by Gasteiger charge is 2.48. The highest BCUT2D eigenvalue weighted by atomic mass is 16.6. The number of carbonyl (C=O) groups is 2. The van der Waals surface area contributed by atoms with Crippen LogP contribution in [0.2, 0.25) is 0 Å². The van der Waals surface area contributed by atoms with Gasteiger partial charge in [0.1, 0.15) is 17.0 Å². The van der Waals surface area contributed by atoms with Crippen molar-refractivity contribution in [2.45, 2.75) is 71.1 Å². The molecule has 0 bridgehead atoms. The second-order valence-electron chi connectivity index (χ2n) is 8.92. The van der Waals surface area contributed by atoms with Crippen LogP contribution in [0.5, 0.6) is 0 Å². The third-order valence-electron chi connectivity index (χ3n) is 3.74. The Balaban J connectivity index is 2.17. The first kappa shape index (κ1) is 20.8. The Morgan fingerprint density at radius 1 is 1.15 bits per heavy atom. The first-order chi connectivity index (χ1) is 12.3. The molecule has 150 valence electrons. The Hall–Kier alpha value is -2.51. The third-order valence-corrected chi connectivity index (χ3v) is 3.74. The van der Waals surface area contributed by atoms with E-state index >= 15 is 0 Å². The van der Waals surface area contributed by atoms with E-state index in [9.17, 15) is 9.59 Å². The van der Waals surface area contributed by atoms with Crippen molar-refractivity contribution < 1.29 is 19.1 Å². The van der Waals surface area contributed by atoms with Crippen LogP contribution in [0.4, 0.5) is 21.1 Å². The number of rotatable bonds is 4. The van der Waals surface area contributed by atoms with Crippen LogP contribution in [0.15, 0.2) is 18.3 Å². The molecule has 0 aromatic carbocycles. The second-order valence-corrected chi connectivity index (χ2v) is 8.92. The summed E-state index contributed by atoms with van der Waals surface area (Å²) in [6.45, 7) is 11.0. The Morgan fingerprint density at radius 2 is 1.74 bits per heavy atom. The molecule has 1 aromatic rings. The number of nitrogens with zero attached hydrogens (tertiary/aromatic N) is 2. The average molecular weight is 378 g/mol. The molecule has 0 atom stereocenters. The molecule has 2 rings (SSSR count). The van der Waals surface area contributed by atoms with Gasteiger partial charge in [-0.3, -0.25) is 4.90 Å². The van der Waals surface area contributed by atoms with Gasteiger partial charge in [-0.15, -0.1) is 0 Å². The minimum absolute atomic E-state index is 0.234. The maximum absolute atomic E-state index is 12.8. The molecule has 3 N–H and O–H groups in total. The third kappa shape index (κ3) is 6.62. The molecule has 8 nitrogen and oxygen atoms in total. The maximum atomic E-state index is 12.8. The van der Waals surface area contributed by atoms with Crippen LogP contribution >= 0.6 is 0 Å². The summed E-state index contributed by atoms with van der Waals surface area (Å²) in [7, 11) is 0. The van der Waals surface area contributed by atoms with E-state index in [2.05, 4.69) is 10.3 Å². The zero-order chi connectivity index (χ0) is 20.5. The van der Waals surface area contributed by atoms with Gasteiger partial charge in [0, 0.05) is 0 Å². The van der Waals surface area contributed by atoms with E-state index in [0.29, 0.717) is 11.5 Å².